The molecule has 0 spiro atoms. The number of benzene rings is 2. The fraction of sp³-hybridized carbons (Fsp3) is 0.174. The molecule has 6 nitrogen and oxygen atoms in total. The first-order valence-corrected chi connectivity index (χ1v) is 9.98. The summed E-state index contributed by atoms with van der Waals surface area (Å²) in [7, 11) is 0. The summed E-state index contributed by atoms with van der Waals surface area (Å²) in [5.41, 5.74) is 2.47. The van der Waals surface area contributed by atoms with Crippen LogP contribution in [0.25, 0.3) is 6.08 Å². The van der Waals surface area contributed by atoms with Crippen molar-refractivity contribution >= 4 is 29.5 Å². The minimum absolute atomic E-state index is 0.172. The Labute approximate surface area is 180 Å². The smallest absolute Gasteiger partial charge is 0.267 e. The summed E-state index contributed by atoms with van der Waals surface area (Å²) in [4.78, 5) is 29.4. The van der Waals surface area contributed by atoms with E-state index in [2.05, 4.69) is 15.6 Å². The fourth-order valence-electron chi connectivity index (χ4n) is 2.76. The van der Waals surface area contributed by atoms with E-state index in [0.717, 1.165) is 24.1 Å². The number of aromatic nitrogens is 2. The number of amides is 2. The zero-order valence-electron chi connectivity index (χ0n) is 16.6. The van der Waals surface area contributed by atoms with Gasteiger partial charge in [-0.05, 0) is 49.2 Å². The van der Waals surface area contributed by atoms with Crippen LogP contribution >= 0.6 is 11.6 Å². The van der Waals surface area contributed by atoms with E-state index in [-0.39, 0.29) is 17.5 Å². The van der Waals surface area contributed by atoms with Crippen molar-refractivity contribution in [3.63, 3.8) is 0 Å². The molecule has 0 aliphatic carbocycles. The van der Waals surface area contributed by atoms with E-state index in [0.29, 0.717) is 17.1 Å². The molecule has 0 aliphatic rings. The summed E-state index contributed by atoms with van der Waals surface area (Å²) in [5.74, 6) is -0.695. The summed E-state index contributed by atoms with van der Waals surface area (Å²) in [6.45, 7) is 3.16. The van der Waals surface area contributed by atoms with Crippen LogP contribution in [0.2, 0.25) is 5.02 Å². The maximum absolute atomic E-state index is 12.8. The van der Waals surface area contributed by atoms with Gasteiger partial charge in [-0.15, -0.1) is 0 Å². The summed E-state index contributed by atoms with van der Waals surface area (Å²) < 4.78 is 1.94. The number of rotatable bonds is 8. The molecule has 3 rings (SSSR count). The largest absolute Gasteiger partial charge is 0.351 e. The minimum Gasteiger partial charge on any atom is -0.351 e. The number of nitrogens with zero attached hydrogens (tertiary/aromatic N) is 2. The van der Waals surface area contributed by atoms with Gasteiger partial charge in [-0.2, -0.15) is 0 Å². The molecule has 0 fully saturated rings. The summed E-state index contributed by atoms with van der Waals surface area (Å²) >= 11 is 5.94. The van der Waals surface area contributed by atoms with Gasteiger partial charge >= 0.3 is 0 Å². The molecule has 0 saturated carbocycles. The van der Waals surface area contributed by atoms with Crippen LogP contribution in [0.4, 0.5) is 0 Å². The molecule has 154 valence electrons. The van der Waals surface area contributed by atoms with Crippen molar-refractivity contribution in [3.8, 4) is 0 Å². The third kappa shape index (κ3) is 6.32. The van der Waals surface area contributed by atoms with Crippen LogP contribution in [0, 0.1) is 6.92 Å². The quantitative estimate of drug-likeness (QED) is 0.428. The van der Waals surface area contributed by atoms with Gasteiger partial charge in [-0.25, -0.2) is 4.98 Å². The van der Waals surface area contributed by atoms with Crippen LogP contribution in [0.3, 0.4) is 0 Å². The molecule has 2 amide bonds. The first kappa shape index (κ1) is 21.3. The third-order valence-corrected chi connectivity index (χ3v) is 4.68. The normalized spacial score (nSPS) is 11.2. The summed E-state index contributed by atoms with van der Waals surface area (Å²) in [6.07, 6.45) is 7.69. The molecule has 0 saturated heterocycles. The molecular weight excluding hydrogens is 400 g/mol. The van der Waals surface area contributed by atoms with E-state index in [1.807, 2.05) is 29.8 Å². The van der Waals surface area contributed by atoms with Crippen molar-refractivity contribution in [3.05, 3.63) is 94.7 Å². The van der Waals surface area contributed by atoms with Crippen molar-refractivity contribution in [2.45, 2.75) is 19.9 Å². The number of imidazole rings is 1. The molecule has 3 aromatic rings. The topological polar surface area (TPSA) is 76.0 Å². The third-order valence-electron chi connectivity index (χ3n) is 4.43. The lowest BCUT2D eigenvalue weighted by atomic mass is 10.1. The van der Waals surface area contributed by atoms with E-state index < -0.39 is 0 Å². The predicted octanol–water partition coefficient (Wildman–Crippen LogP) is 3.82. The van der Waals surface area contributed by atoms with Gasteiger partial charge in [0.25, 0.3) is 11.8 Å². The van der Waals surface area contributed by atoms with Crippen molar-refractivity contribution in [2.75, 3.05) is 6.54 Å². The van der Waals surface area contributed by atoms with Gasteiger partial charge in [0.05, 0.1) is 6.33 Å². The number of carbonyl (C=O) groups excluding carboxylic acids is 2. The SMILES string of the molecule is Cc1ccc(C(=O)NC(=Cc2ccc(Cl)cc2)C(=O)NCCCn2ccnc2)cc1. The molecule has 1 aromatic heterocycles. The van der Waals surface area contributed by atoms with E-state index in [4.69, 9.17) is 11.6 Å². The highest BCUT2D eigenvalue weighted by Gasteiger charge is 2.14. The van der Waals surface area contributed by atoms with Crippen LogP contribution in [0.5, 0.6) is 0 Å². The fourth-order valence-corrected chi connectivity index (χ4v) is 2.89. The summed E-state index contributed by atoms with van der Waals surface area (Å²) in [5, 5.41) is 6.19. The monoisotopic (exact) mass is 422 g/mol. The number of hydrogen-bond acceptors (Lipinski definition) is 3. The lowest BCUT2D eigenvalue weighted by Crippen LogP contribution is -2.35. The Kier molecular flexibility index (Phi) is 7.40. The highest BCUT2D eigenvalue weighted by molar-refractivity contribution is 6.30. The van der Waals surface area contributed by atoms with E-state index in [1.165, 1.54) is 0 Å². The molecule has 30 heavy (non-hydrogen) atoms. The van der Waals surface area contributed by atoms with Gasteiger partial charge in [-0.1, -0.05) is 41.4 Å². The van der Waals surface area contributed by atoms with Gasteiger partial charge in [0, 0.05) is 36.1 Å². The van der Waals surface area contributed by atoms with Crippen LogP contribution in [-0.4, -0.2) is 27.9 Å². The second-order valence-corrected chi connectivity index (χ2v) is 7.28. The van der Waals surface area contributed by atoms with Crippen molar-refractivity contribution in [2.24, 2.45) is 0 Å². The molecule has 0 radical (unpaired) electrons. The zero-order valence-corrected chi connectivity index (χ0v) is 17.4. The Morgan fingerprint density at radius 2 is 1.83 bits per heavy atom. The molecule has 0 aliphatic heterocycles. The zero-order chi connectivity index (χ0) is 21.3. The van der Waals surface area contributed by atoms with E-state index in [1.54, 1.807) is 55.0 Å². The van der Waals surface area contributed by atoms with E-state index in [9.17, 15) is 9.59 Å². The number of hydrogen-bond donors (Lipinski definition) is 2. The highest BCUT2D eigenvalue weighted by atomic mass is 35.5. The Morgan fingerprint density at radius 3 is 2.50 bits per heavy atom. The predicted molar refractivity (Wildman–Crippen MR) is 118 cm³/mol. The summed E-state index contributed by atoms with van der Waals surface area (Å²) in [6, 6.07) is 14.2. The number of carbonyl (C=O) groups is 2. The maximum atomic E-state index is 12.8. The highest BCUT2D eigenvalue weighted by Crippen LogP contribution is 2.13. The van der Waals surface area contributed by atoms with E-state index >= 15 is 0 Å². The van der Waals surface area contributed by atoms with Crippen LogP contribution in [0.15, 0.2) is 72.9 Å². The Balaban J connectivity index is 1.69. The lowest BCUT2D eigenvalue weighted by Gasteiger charge is -2.12. The molecule has 0 bridgehead atoms. The molecule has 1 heterocycles. The molecular formula is C23H23ClN4O2. The second-order valence-electron chi connectivity index (χ2n) is 6.84. The van der Waals surface area contributed by atoms with Gasteiger partial charge < -0.3 is 15.2 Å². The maximum Gasteiger partial charge on any atom is 0.267 e. The molecule has 2 N–H and O–H groups in total. The van der Waals surface area contributed by atoms with Crippen LogP contribution in [0.1, 0.15) is 27.9 Å². The average molecular weight is 423 g/mol. The Hall–Kier alpha value is -3.38. The molecule has 2 aromatic carbocycles. The number of aryl methyl sites for hydroxylation is 2. The Bertz CT molecular complexity index is 1010. The average Bonchev–Trinajstić information content (AvgIpc) is 3.26. The van der Waals surface area contributed by atoms with Crippen molar-refractivity contribution < 1.29 is 9.59 Å². The minimum atomic E-state index is -0.351. The molecule has 0 unspecified atom stereocenters. The van der Waals surface area contributed by atoms with Gasteiger partial charge in [0.2, 0.25) is 0 Å². The first-order chi connectivity index (χ1) is 14.5. The van der Waals surface area contributed by atoms with Crippen LogP contribution < -0.4 is 10.6 Å². The lowest BCUT2D eigenvalue weighted by molar-refractivity contribution is -0.117. The Morgan fingerprint density at radius 1 is 1.10 bits per heavy atom. The first-order valence-electron chi connectivity index (χ1n) is 9.60. The molecule has 0 atom stereocenters. The van der Waals surface area contributed by atoms with Crippen molar-refractivity contribution in [1.82, 2.24) is 20.2 Å². The van der Waals surface area contributed by atoms with Crippen molar-refractivity contribution in [1.29, 1.82) is 0 Å². The second kappa shape index (κ2) is 10.4. The number of nitrogens with one attached hydrogen (secondary N) is 2. The van der Waals surface area contributed by atoms with Gasteiger partial charge in [0.15, 0.2) is 0 Å². The van der Waals surface area contributed by atoms with Gasteiger partial charge in [-0.3, -0.25) is 9.59 Å². The standard InChI is InChI=1S/C23H23ClN4O2/c1-17-3-7-19(8-4-17)22(29)27-21(15-18-5-9-20(24)10-6-18)23(30)26-11-2-13-28-14-12-25-16-28/h3-10,12,14-16H,2,11,13H2,1H3,(H,26,30)(H,27,29). The van der Waals surface area contributed by atoms with Gasteiger partial charge in [0.1, 0.15) is 5.70 Å². The number of halogens is 1. The molecule has 7 heteroatoms. The van der Waals surface area contributed by atoms with Crippen LogP contribution in [-0.2, 0) is 11.3 Å².